The molecule has 3 saturated heterocycles. The van der Waals surface area contributed by atoms with Crippen LogP contribution in [0.3, 0.4) is 0 Å². The lowest BCUT2D eigenvalue weighted by Crippen LogP contribution is -2.65. The average Bonchev–Trinajstić information content (AvgIpc) is 3.21. The topological polar surface area (TPSA) is 73.0 Å². The number of halogens is 1. The van der Waals surface area contributed by atoms with Crippen molar-refractivity contribution in [1.29, 1.82) is 0 Å². The number of nitrogens with zero attached hydrogens (tertiary/aromatic N) is 3. The number of nitrogens with one attached hydrogen (secondary N) is 1. The summed E-state index contributed by atoms with van der Waals surface area (Å²) in [5, 5.41) is 3.15. The van der Waals surface area contributed by atoms with Gasteiger partial charge < -0.3 is 10.2 Å². The first-order chi connectivity index (χ1) is 13.4. The smallest absolute Gasteiger partial charge is 0.282 e. The Morgan fingerprint density at radius 1 is 1.00 bits per heavy atom. The monoisotopic (exact) mass is 410 g/mol. The SMILES string of the molecule is O=C(N1CCN(S(=O)(=O)N2CCCC2)CC1)C1(Cc2ccccc2F)CNC1. The van der Waals surface area contributed by atoms with Crippen molar-refractivity contribution in [2.24, 2.45) is 5.41 Å². The Morgan fingerprint density at radius 3 is 2.18 bits per heavy atom. The normalized spacial score (nSPS) is 23.5. The minimum Gasteiger partial charge on any atom is -0.339 e. The summed E-state index contributed by atoms with van der Waals surface area (Å²) < 4.78 is 42.5. The fraction of sp³-hybridized carbons (Fsp3) is 0.632. The molecule has 7 nitrogen and oxygen atoms in total. The molecule has 4 rings (SSSR count). The minimum absolute atomic E-state index is 0.00674. The van der Waals surface area contributed by atoms with Crippen LogP contribution in [0.1, 0.15) is 18.4 Å². The second kappa shape index (κ2) is 7.70. The number of carbonyl (C=O) groups excluding carboxylic acids is 1. The van der Waals surface area contributed by atoms with Gasteiger partial charge in [0.25, 0.3) is 10.2 Å². The van der Waals surface area contributed by atoms with Crippen LogP contribution < -0.4 is 5.32 Å². The van der Waals surface area contributed by atoms with Crippen molar-refractivity contribution in [3.8, 4) is 0 Å². The van der Waals surface area contributed by atoms with Crippen molar-refractivity contribution in [3.63, 3.8) is 0 Å². The van der Waals surface area contributed by atoms with Crippen molar-refractivity contribution in [2.75, 3.05) is 52.4 Å². The Kier molecular flexibility index (Phi) is 5.43. The van der Waals surface area contributed by atoms with Crippen molar-refractivity contribution >= 4 is 16.1 Å². The number of rotatable bonds is 5. The predicted octanol–water partition coefficient (Wildman–Crippen LogP) is 0.443. The van der Waals surface area contributed by atoms with E-state index in [0.717, 1.165) is 12.8 Å². The van der Waals surface area contributed by atoms with Crippen molar-refractivity contribution in [2.45, 2.75) is 19.3 Å². The zero-order valence-electron chi connectivity index (χ0n) is 15.9. The third-order valence-corrected chi connectivity index (χ3v) is 8.15. The first kappa shape index (κ1) is 19.8. The number of amides is 1. The lowest BCUT2D eigenvalue weighted by Gasteiger charge is -2.46. The third kappa shape index (κ3) is 3.56. The Hall–Kier alpha value is -1.55. The zero-order valence-corrected chi connectivity index (χ0v) is 16.8. The second-order valence-corrected chi connectivity index (χ2v) is 9.89. The molecule has 0 atom stereocenters. The minimum atomic E-state index is -3.43. The summed E-state index contributed by atoms with van der Waals surface area (Å²) in [6.45, 7) is 3.59. The fourth-order valence-corrected chi connectivity index (χ4v) is 6.00. The first-order valence-corrected chi connectivity index (χ1v) is 11.3. The molecular formula is C19H27FN4O3S. The van der Waals surface area contributed by atoms with Gasteiger partial charge in [-0.15, -0.1) is 0 Å². The average molecular weight is 411 g/mol. The molecule has 3 aliphatic rings. The number of carbonyl (C=O) groups is 1. The second-order valence-electron chi connectivity index (χ2n) is 7.96. The summed E-state index contributed by atoms with van der Waals surface area (Å²) in [6.07, 6.45) is 2.17. The highest BCUT2D eigenvalue weighted by molar-refractivity contribution is 7.86. The van der Waals surface area contributed by atoms with E-state index in [1.54, 1.807) is 27.4 Å². The molecular weight excluding hydrogens is 383 g/mol. The highest BCUT2D eigenvalue weighted by Gasteiger charge is 2.47. The fourth-order valence-electron chi connectivity index (χ4n) is 4.32. The van der Waals surface area contributed by atoms with E-state index in [9.17, 15) is 17.6 Å². The molecule has 9 heteroatoms. The molecule has 3 aliphatic heterocycles. The quantitative estimate of drug-likeness (QED) is 0.765. The standard InChI is InChI=1S/C19H27FN4O3S/c20-17-6-2-1-5-16(17)13-19(14-21-15-19)18(25)22-9-11-24(12-10-22)28(26,27)23-7-3-4-8-23/h1-2,5-6,21H,3-4,7-15H2. The van der Waals surface area contributed by atoms with Gasteiger partial charge >= 0.3 is 0 Å². The summed E-state index contributed by atoms with van der Waals surface area (Å²) in [4.78, 5) is 15.0. The van der Waals surface area contributed by atoms with E-state index >= 15 is 0 Å². The number of hydrogen-bond acceptors (Lipinski definition) is 4. The first-order valence-electron chi connectivity index (χ1n) is 9.91. The van der Waals surface area contributed by atoms with Crippen molar-refractivity contribution in [1.82, 2.24) is 18.8 Å². The molecule has 1 N–H and O–H groups in total. The largest absolute Gasteiger partial charge is 0.339 e. The molecule has 154 valence electrons. The molecule has 0 spiro atoms. The van der Waals surface area contributed by atoms with Gasteiger partial charge in [0.2, 0.25) is 5.91 Å². The van der Waals surface area contributed by atoms with E-state index in [1.807, 2.05) is 0 Å². The van der Waals surface area contributed by atoms with Gasteiger partial charge in [-0.1, -0.05) is 18.2 Å². The number of hydrogen-bond donors (Lipinski definition) is 1. The Labute approximate surface area is 165 Å². The van der Waals surface area contributed by atoms with E-state index < -0.39 is 15.6 Å². The van der Waals surface area contributed by atoms with E-state index in [1.165, 1.54) is 10.4 Å². The molecule has 3 fully saturated rings. The van der Waals surface area contributed by atoms with Crippen LogP contribution in [0.5, 0.6) is 0 Å². The van der Waals surface area contributed by atoms with Crippen LogP contribution >= 0.6 is 0 Å². The van der Waals surface area contributed by atoms with Crippen LogP contribution in [-0.2, 0) is 21.4 Å². The van der Waals surface area contributed by atoms with Gasteiger partial charge in [0.1, 0.15) is 5.82 Å². The maximum Gasteiger partial charge on any atom is 0.282 e. The van der Waals surface area contributed by atoms with Gasteiger partial charge in [0.15, 0.2) is 0 Å². The molecule has 0 radical (unpaired) electrons. The molecule has 0 aliphatic carbocycles. The lowest BCUT2D eigenvalue weighted by molar-refractivity contribution is -0.146. The highest BCUT2D eigenvalue weighted by atomic mass is 32.2. The van der Waals surface area contributed by atoms with Gasteiger partial charge in [-0.05, 0) is 30.9 Å². The number of piperazine rings is 1. The molecule has 1 aromatic rings. The molecule has 0 bridgehead atoms. The summed E-state index contributed by atoms with van der Waals surface area (Å²) in [5.74, 6) is -0.296. The summed E-state index contributed by atoms with van der Waals surface area (Å²) in [7, 11) is -3.43. The molecule has 0 unspecified atom stereocenters. The van der Waals surface area contributed by atoms with Crippen LogP contribution in [0.2, 0.25) is 0 Å². The molecule has 0 aromatic heterocycles. The van der Waals surface area contributed by atoms with E-state index in [2.05, 4.69) is 5.32 Å². The van der Waals surface area contributed by atoms with Gasteiger partial charge in [0, 0.05) is 52.4 Å². The molecule has 1 aromatic carbocycles. The van der Waals surface area contributed by atoms with Gasteiger partial charge in [-0.2, -0.15) is 17.0 Å². The Bertz CT molecular complexity index is 829. The van der Waals surface area contributed by atoms with Crippen LogP contribution in [0.15, 0.2) is 24.3 Å². The molecule has 1 amide bonds. The van der Waals surface area contributed by atoms with E-state index in [-0.39, 0.29) is 11.7 Å². The number of benzene rings is 1. The third-order valence-electron chi connectivity index (χ3n) is 6.11. The summed E-state index contributed by atoms with van der Waals surface area (Å²) in [6, 6.07) is 6.57. The van der Waals surface area contributed by atoms with Crippen LogP contribution in [0.4, 0.5) is 4.39 Å². The van der Waals surface area contributed by atoms with Crippen LogP contribution in [0.25, 0.3) is 0 Å². The molecule has 3 heterocycles. The van der Waals surface area contributed by atoms with Crippen LogP contribution in [0, 0.1) is 11.2 Å². The van der Waals surface area contributed by atoms with Crippen LogP contribution in [-0.4, -0.2) is 80.2 Å². The van der Waals surface area contributed by atoms with E-state index in [0.29, 0.717) is 64.3 Å². The lowest BCUT2D eigenvalue weighted by atomic mass is 9.75. The van der Waals surface area contributed by atoms with Crippen molar-refractivity contribution < 1.29 is 17.6 Å². The Balaban J connectivity index is 1.41. The highest BCUT2D eigenvalue weighted by Crippen LogP contribution is 2.32. The van der Waals surface area contributed by atoms with Crippen molar-refractivity contribution in [3.05, 3.63) is 35.6 Å². The van der Waals surface area contributed by atoms with E-state index in [4.69, 9.17) is 0 Å². The summed E-state index contributed by atoms with van der Waals surface area (Å²) >= 11 is 0. The maximum absolute atomic E-state index is 14.1. The van der Waals surface area contributed by atoms with Gasteiger partial charge in [0.05, 0.1) is 5.41 Å². The van der Waals surface area contributed by atoms with Gasteiger partial charge in [-0.25, -0.2) is 4.39 Å². The predicted molar refractivity (Wildman–Crippen MR) is 103 cm³/mol. The maximum atomic E-state index is 14.1. The zero-order chi connectivity index (χ0) is 19.8. The molecule has 28 heavy (non-hydrogen) atoms. The molecule has 0 saturated carbocycles. The van der Waals surface area contributed by atoms with Gasteiger partial charge in [-0.3, -0.25) is 4.79 Å². The Morgan fingerprint density at radius 2 is 1.61 bits per heavy atom. The summed E-state index contributed by atoms with van der Waals surface area (Å²) in [5.41, 5.74) is -0.0920.